The molecule has 0 heterocycles. The molecule has 1 aromatic rings. The van der Waals surface area contributed by atoms with E-state index in [2.05, 4.69) is 38.7 Å². The number of para-hydroxylation sites is 1. The van der Waals surface area contributed by atoms with Crippen molar-refractivity contribution in [3.8, 4) is 0 Å². The van der Waals surface area contributed by atoms with Gasteiger partial charge in [-0.2, -0.15) is 0 Å². The highest BCUT2D eigenvalue weighted by Crippen LogP contribution is 2.29. The van der Waals surface area contributed by atoms with Crippen LogP contribution in [0.2, 0.25) is 0 Å². The zero-order valence-electron chi connectivity index (χ0n) is 11.4. The van der Waals surface area contributed by atoms with Crippen LogP contribution in [-0.2, 0) is 0 Å². The molecule has 0 aliphatic rings. The molecule has 96 valence electrons. The van der Waals surface area contributed by atoms with Gasteiger partial charge in [-0.3, -0.25) is 0 Å². The smallest absolute Gasteiger partial charge is 0.0785 e. The van der Waals surface area contributed by atoms with Gasteiger partial charge in [-0.25, -0.2) is 0 Å². The van der Waals surface area contributed by atoms with Gasteiger partial charge in [0.05, 0.1) is 17.1 Å². The van der Waals surface area contributed by atoms with Crippen LogP contribution in [0.3, 0.4) is 0 Å². The van der Waals surface area contributed by atoms with Crippen molar-refractivity contribution in [3.63, 3.8) is 0 Å². The molecule has 3 heteroatoms. The molecule has 0 aliphatic carbocycles. The highest BCUT2D eigenvalue weighted by Gasteiger charge is 2.14. The van der Waals surface area contributed by atoms with E-state index in [1.54, 1.807) is 0 Å². The lowest BCUT2D eigenvalue weighted by Crippen LogP contribution is -2.32. The van der Waals surface area contributed by atoms with E-state index in [4.69, 9.17) is 11.5 Å². The first-order chi connectivity index (χ1) is 7.91. The monoisotopic (exact) mass is 235 g/mol. The molecule has 0 spiro atoms. The fourth-order valence-corrected chi connectivity index (χ4v) is 2.00. The molecule has 0 atom stereocenters. The average molecular weight is 235 g/mol. The first-order valence-corrected chi connectivity index (χ1v) is 6.30. The van der Waals surface area contributed by atoms with Crippen molar-refractivity contribution in [2.24, 2.45) is 11.8 Å². The summed E-state index contributed by atoms with van der Waals surface area (Å²) < 4.78 is 0. The van der Waals surface area contributed by atoms with Gasteiger partial charge in [0.25, 0.3) is 0 Å². The second-order valence-corrected chi connectivity index (χ2v) is 5.47. The van der Waals surface area contributed by atoms with Gasteiger partial charge in [-0.05, 0) is 24.0 Å². The van der Waals surface area contributed by atoms with Gasteiger partial charge < -0.3 is 16.4 Å². The van der Waals surface area contributed by atoms with Crippen LogP contribution in [0.5, 0.6) is 0 Å². The molecule has 4 N–H and O–H groups in total. The molecule has 0 saturated carbocycles. The minimum Gasteiger partial charge on any atom is -0.397 e. The maximum Gasteiger partial charge on any atom is 0.0785 e. The lowest BCUT2D eigenvalue weighted by molar-refractivity contribution is 0.553. The van der Waals surface area contributed by atoms with Gasteiger partial charge in [0.15, 0.2) is 0 Å². The Hall–Kier alpha value is -1.38. The molecule has 0 radical (unpaired) electrons. The Bertz CT molecular complexity index is 348. The molecule has 0 fully saturated rings. The van der Waals surface area contributed by atoms with Gasteiger partial charge in [0.1, 0.15) is 0 Å². The maximum atomic E-state index is 6.07. The largest absolute Gasteiger partial charge is 0.397 e. The van der Waals surface area contributed by atoms with Crippen LogP contribution in [0.15, 0.2) is 18.2 Å². The highest BCUT2D eigenvalue weighted by atomic mass is 15.1. The molecule has 0 unspecified atom stereocenters. The Morgan fingerprint density at radius 1 is 1.00 bits per heavy atom. The molecular weight excluding hydrogens is 210 g/mol. The summed E-state index contributed by atoms with van der Waals surface area (Å²) in [5, 5.41) is 0. The van der Waals surface area contributed by atoms with Crippen molar-refractivity contribution in [2.45, 2.75) is 27.7 Å². The topological polar surface area (TPSA) is 55.3 Å². The first-order valence-electron chi connectivity index (χ1n) is 6.30. The number of nitrogens with two attached hydrogens (primary N) is 2. The van der Waals surface area contributed by atoms with E-state index in [-0.39, 0.29) is 0 Å². The number of anilines is 3. The summed E-state index contributed by atoms with van der Waals surface area (Å²) >= 11 is 0. The van der Waals surface area contributed by atoms with E-state index in [1.807, 2.05) is 12.1 Å². The van der Waals surface area contributed by atoms with Crippen LogP contribution in [0, 0.1) is 11.8 Å². The van der Waals surface area contributed by atoms with Crippen LogP contribution in [-0.4, -0.2) is 13.1 Å². The molecule has 0 aliphatic heterocycles. The fourth-order valence-electron chi connectivity index (χ4n) is 2.00. The number of rotatable bonds is 5. The van der Waals surface area contributed by atoms with E-state index in [1.165, 1.54) is 0 Å². The van der Waals surface area contributed by atoms with Crippen molar-refractivity contribution < 1.29 is 0 Å². The molecule has 0 amide bonds. The molecule has 3 nitrogen and oxygen atoms in total. The molecular formula is C14H25N3. The highest BCUT2D eigenvalue weighted by molar-refractivity contribution is 5.79. The summed E-state index contributed by atoms with van der Waals surface area (Å²) in [6.07, 6.45) is 0. The third kappa shape index (κ3) is 3.84. The lowest BCUT2D eigenvalue weighted by Gasteiger charge is -2.30. The number of nitrogens with zero attached hydrogens (tertiary/aromatic N) is 1. The van der Waals surface area contributed by atoms with E-state index in [0.29, 0.717) is 23.2 Å². The van der Waals surface area contributed by atoms with Gasteiger partial charge in [0.2, 0.25) is 0 Å². The number of nitrogen functional groups attached to an aromatic ring is 2. The van der Waals surface area contributed by atoms with Gasteiger partial charge in [-0.1, -0.05) is 33.8 Å². The minimum absolute atomic E-state index is 0.606. The normalized spacial score (nSPS) is 11.2. The van der Waals surface area contributed by atoms with E-state index < -0.39 is 0 Å². The summed E-state index contributed by atoms with van der Waals surface area (Å²) in [7, 11) is 0. The van der Waals surface area contributed by atoms with Crippen molar-refractivity contribution >= 4 is 17.1 Å². The van der Waals surface area contributed by atoms with Crippen molar-refractivity contribution in [2.75, 3.05) is 29.5 Å². The Morgan fingerprint density at radius 3 is 2.00 bits per heavy atom. The Balaban J connectivity index is 2.99. The second kappa shape index (κ2) is 5.80. The summed E-state index contributed by atoms with van der Waals surface area (Å²) in [5.74, 6) is 1.21. The minimum atomic E-state index is 0.606. The van der Waals surface area contributed by atoms with Gasteiger partial charge in [0, 0.05) is 13.1 Å². The third-order valence-electron chi connectivity index (χ3n) is 2.63. The average Bonchev–Trinajstić information content (AvgIpc) is 2.19. The summed E-state index contributed by atoms with van der Waals surface area (Å²) in [6, 6.07) is 5.87. The predicted octanol–water partition coefficient (Wildman–Crippen LogP) is 2.97. The molecule has 0 aromatic heterocycles. The van der Waals surface area contributed by atoms with Gasteiger partial charge in [-0.15, -0.1) is 0 Å². The number of benzene rings is 1. The zero-order chi connectivity index (χ0) is 13.0. The lowest BCUT2D eigenvalue weighted by atomic mass is 10.1. The molecule has 0 saturated heterocycles. The predicted molar refractivity (Wildman–Crippen MR) is 77.2 cm³/mol. The first kappa shape index (κ1) is 13.7. The Morgan fingerprint density at radius 2 is 1.53 bits per heavy atom. The summed E-state index contributed by atoms with van der Waals surface area (Å²) in [6.45, 7) is 10.9. The second-order valence-electron chi connectivity index (χ2n) is 5.47. The Kier molecular flexibility index (Phi) is 4.67. The molecule has 1 aromatic carbocycles. The molecule has 17 heavy (non-hydrogen) atoms. The van der Waals surface area contributed by atoms with Crippen LogP contribution in [0.25, 0.3) is 0 Å². The SMILES string of the molecule is CC(C)CN(CC(C)C)c1cccc(N)c1N. The van der Waals surface area contributed by atoms with Crippen LogP contribution in [0.1, 0.15) is 27.7 Å². The summed E-state index contributed by atoms with van der Waals surface area (Å²) in [4.78, 5) is 2.33. The zero-order valence-corrected chi connectivity index (χ0v) is 11.4. The standard InChI is InChI=1S/C14H25N3/c1-10(2)8-17(9-11(3)4)13-7-5-6-12(15)14(13)16/h5-7,10-11H,8-9,15-16H2,1-4H3. The van der Waals surface area contributed by atoms with Crippen LogP contribution < -0.4 is 16.4 Å². The van der Waals surface area contributed by atoms with Gasteiger partial charge >= 0.3 is 0 Å². The quantitative estimate of drug-likeness (QED) is 0.771. The van der Waals surface area contributed by atoms with Crippen LogP contribution >= 0.6 is 0 Å². The Labute approximate surface area is 105 Å². The summed E-state index contributed by atoms with van der Waals surface area (Å²) in [5.41, 5.74) is 14.4. The van der Waals surface area contributed by atoms with Crippen molar-refractivity contribution in [1.82, 2.24) is 0 Å². The molecule has 1 rings (SSSR count). The fraction of sp³-hybridized carbons (Fsp3) is 0.571. The molecule has 0 bridgehead atoms. The maximum absolute atomic E-state index is 6.07. The number of hydrogen-bond acceptors (Lipinski definition) is 3. The third-order valence-corrected chi connectivity index (χ3v) is 2.63. The van der Waals surface area contributed by atoms with Crippen molar-refractivity contribution in [1.29, 1.82) is 0 Å². The van der Waals surface area contributed by atoms with Crippen molar-refractivity contribution in [3.05, 3.63) is 18.2 Å². The van der Waals surface area contributed by atoms with E-state index in [0.717, 1.165) is 18.8 Å². The van der Waals surface area contributed by atoms with E-state index >= 15 is 0 Å². The van der Waals surface area contributed by atoms with Crippen LogP contribution in [0.4, 0.5) is 17.1 Å². The number of hydrogen-bond donors (Lipinski definition) is 2. The van der Waals surface area contributed by atoms with E-state index in [9.17, 15) is 0 Å².